The maximum atomic E-state index is 12.1. The van der Waals surface area contributed by atoms with Crippen molar-refractivity contribution in [2.75, 3.05) is 6.54 Å². The fourth-order valence-electron chi connectivity index (χ4n) is 4.45. The summed E-state index contributed by atoms with van der Waals surface area (Å²) in [6.07, 6.45) is -0.472. The summed E-state index contributed by atoms with van der Waals surface area (Å²) in [5.41, 5.74) is 2.12. The zero-order valence-electron chi connectivity index (χ0n) is 15.5. The van der Waals surface area contributed by atoms with Crippen molar-refractivity contribution in [3.05, 3.63) is 108 Å². The van der Waals surface area contributed by atoms with Gasteiger partial charge in [0.2, 0.25) is 0 Å². The number of aliphatic carboxylic acids is 1. The van der Waals surface area contributed by atoms with Crippen LogP contribution in [0.2, 0.25) is 0 Å². The smallest absolute Gasteiger partial charge is 0.321 e. The van der Waals surface area contributed by atoms with Crippen molar-refractivity contribution in [2.24, 2.45) is 0 Å². The van der Waals surface area contributed by atoms with E-state index in [2.05, 4.69) is 0 Å². The van der Waals surface area contributed by atoms with Crippen molar-refractivity contribution in [1.29, 1.82) is 0 Å². The number of β-amino-alcohol motifs (C(OH)–C–C–N with tert-alkyl or cyclic N) is 1. The lowest BCUT2D eigenvalue weighted by Crippen LogP contribution is -2.53. The Morgan fingerprint density at radius 3 is 1.54 bits per heavy atom. The first kappa shape index (κ1) is 18.4. The summed E-state index contributed by atoms with van der Waals surface area (Å²) >= 11 is 0. The van der Waals surface area contributed by atoms with E-state index in [1.807, 2.05) is 95.9 Å². The molecule has 0 spiro atoms. The van der Waals surface area contributed by atoms with Crippen LogP contribution in [0.25, 0.3) is 0 Å². The van der Waals surface area contributed by atoms with E-state index in [1.165, 1.54) is 0 Å². The van der Waals surface area contributed by atoms with Crippen LogP contribution in [0, 0.1) is 0 Å². The fourth-order valence-corrected chi connectivity index (χ4v) is 4.45. The van der Waals surface area contributed by atoms with Crippen molar-refractivity contribution in [1.82, 2.24) is 4.90 Å². The quantitative estimate of drug-likeness (QED) is 0.672. The molecule has 1 aliphatic rings. The molecule has 0 saturated carbocycles. The molecule has 142 valence electrons. The van der Waals surface area contributed by atoms with E-state index in [-0.39, 0.29) is 13.0 Å². The van der Waals surface area contributed by atoms with Crippen LogP contribution in [0.3, 0.4) is 0 Å². The molecular weight excluding hydrogens is 350 g/mol. The summed E-state index contributed by atoms with van der Waals surface area (Å²) < 4.78 is 0. The van der Waals surface area contributed by atoms with Gasteiger partial charge < -0.3 is 10.2 Å². The Morgan fingerprint density at radius 1 is 0.786 bits per heavy atom. The van der Waals surface area contributed by atoms with Crippen molar-refractivity contribution < 1.29 is 15.0 Å². The molecule has 2 N–H and O–H groups in total. The third kappa shape index (κ3) is 3.01. The predicted octanol–water partition coefficient (Wildman–Crippen LogP) is 3.50. The van der Waals surface area contributed by atoms with E-state index < -0.39 is 23.7 Å². The molecule has 4 nitrogen and oxygen atoms in total. The molecule has 1 saturated heterocycles. The summed E-state index contributed by atoms with van der Waals surface area (Å²) in [6.45, 7) is 0.287. The highest BCUT2D eigenvalue weighted by Crippen LogP contribution is 2.45. The fraction of sp³-hybridized carbons (Fsp3) is 0.208. The highest BCUT2D eigenvalue weighted by molar-refractivity contribution is 5.75. The second kappa shape index (κ2) is 7.58. The molecule has 3 aromatic rings. The molecule has 0 bridgehead atoms. The molecule has 0 aliphatic carbocycles. The summed E-state index contributed by atoms with van der Waals surface area (Å²) in [4.78, 5) is 14.1. The van der Waals surface area contributed by atoms with Crippen LogP contribution in [0.4, 0.5) is 0 Å². The van der Waals surface area contributed by atoms with E-state index in [0.717, 1.165) is 16.7 Å². The van der Waals surface area contributed by atoms with Crippen LogP contribution in [0.1, 0.15) is 23.1 Å². The molecular formula is C24H23NO3. The normalized spacial score (nSPS) is 20.2. The minimum Gasteiger partial charge on any atom is -0.480 e. The Morgan fingerprint density at radius 2 is 1.18 bits per heavy atom. The first-order chi connectivity index (χ1) is 13.6. The van der Waals surface area contributed by atoms with Gasteiger partial charge in [0.05, 0.1) is 11.6 Å². The Hall–Kier alpha value is -2.95. The lowest BCUT2D eigenvalue weighted by atomic mass is 9.75. The van der Waals surface area contributed by atoms with Crippen LogP contribution in [0.5, 0.6) is 0 Å². The minimum atomic E-state index is -0.913. The minimum absolute atomic E-state index is 0.212. The van der Waals surface area contributed by atoms with Gasteiger partial charge in [-0.1, -0.05) is 91.0 Å². The third-order valence-corrected chi connectivity index (χ3v) is 5.57. The van der Waals surface area contributed by atoms with E-state index in [4.69, 9.17) is 0 Å². The van der Waals surface area contributed by atoms with Gasteiger partial charge >= 0.3 is 5.97 Å². The van der Waals surface area contributed by atoms with Gasteiger partial charge in [-0.05, 0) is 16.7 Å². The van der Waals surface area contributed by atoms with E-state index >= 15 is 0 Å². The van der Waals surface area contributed by atoms with Gasteiger partial charge in [0.15, 0.2) is 0 Å². The lowest BCUT2D eigenvalue weighted by molar-refractivity contribution is -0.143. The number of carboxylic acid groups (broad SMARTS) is 1. The molecule has 4 rings (SSSR count). The number of aliphatic hydroxyl groups is 1. The molecule has 1 unspecified atom stereocenters. The number of aliphatic hydroxyl groups excluding tert-OH is 1. The van der Waals surface area contributed by atoms with Crippen LogP contribution in [-0.2, 0) is 10.3 Å². The lowest BCUT2D eigenvalue weighted by Gasteiger charge is -2.45. The van der Waals surface area contributed by atoms with E-state index in [0.29, 0.717) is 0 Å². The summed E-state index contributed by atoms with van der Waals surface area (Å²) in [5.74, 6) is -0.913. The van der Waals surface area contributed by atoms with Crippen molar-refractivity contribution in [3.63, 3.8) is 0 Å². The number of hydrogen-bond acceptors (Lipinski definition) is 3. The van der Waals surface area contributed by atoms with Gasteiger partial charge in [0, 0.05) is 13.0 Å². The first-order valence-electron chi connectivity index (χ1n) is 9.48. The number of benzene rings is 3. The van der Waals surface area contributed by atoms with Gasteiger partial charge in [0.25, 0.3) is 0 Å². The summed E-state index contributed by atoms with van der Waals surface area (Å²) in [6, 6.07) is 29.1. The molecule has 0 amide bonds. The maximum absolute atomic E-state index is 12.1. The number of rotatable bonds is 5. The number of likely N-dealkylation sites (tertiary alicyclic amines) is 1. The maximum Gasteiger partial charge on any atom is 0.321 e. The highest BCUT2D eigenvalue weighted by atomic mass is 16.4. The standard InChI is InChI=1S/C24H23NO3/c26-21-16-22(23(27)28)25(17-21)24(18-10-4-1-5-11-18,19-12-6-2-7-13-19)20-14-8-3-9-15-20/h1-15,21-22,26H,16-17H2,(H,27,28)/t21?,22-/m0/s1. The zero-order chi connectivity index (χ0) is 19.6. The van der Waals surface area contributed by atoms with Crippen molar-refractivity contribution >= 4 is 5.97 Å². The average molecular weight is 373 g/mol. The second-order valence-corrected chi connectivity index (χ2v) is 7.20. The predicted molar refractivity (Wildman–Crippen MR) is 108 cm³/mol. The van der Waals surface area contributed by atoms with Gasteiger partial charge in [-0.3, -0.25) is 9.69 Å². The molecule has 0 aromatic heterocycles. The summed E-state index contributed by atoms with van der Waals surface area (Å²) in [7, 11) is 0. The van der Waals surface area contributed by atoms with Crippen LogP contribution >= 0.6 is 0 Å². The zero-order valence-corrected chi connectivity index (χ0v) is 15.5. The number of hydrogen-bond donors (Lipinski definition) is 2. The average Bonchev–Trinajstić information content (AvgIpc) is 3.13. The molecule has 1 fully saturated rings. The Balaban J connectivity index is 2.06. The largest absolute Gasteiger partial charge is 0.480 e. The van der Waals surface area contributed by atoms with Gasteiger partial charge in [0.1, 0.15) is 6.04 Å². The Kier molecular flexibility index (Phi) is 4.99. The van der Waals surface area contributed by atoms with Gasteiger partial charge in [-0.2, -0.15) is 0 Å². The Labute approximate surface area is 164 Å². The Bertz CT molecular complexity index is 831. The van der Waals surface area contributed by atoms with E-state index in [1.54, 1.807) is 0 Å². The molecule has 2 atom stereocenters. The molecule has 0 radical (unpaired) electrons. The van der Waals surface area contributed by atoms with Crippen molar-refractivity contribution in [3.8, 4) is 0 Å². The number of carbonyl (C=O) groups is 1. The highest BCUT2D eigenvalue weighted by Gasteiger charge is 2.51. The SMILES string of the molecule is O=C(O)[C@@H]1CC(O)CN1C(c1ccccc1)(c1ccccc1)c1ccccc1. The van der Waals surface area contributed by atoms with Gasteiger partial charge in [-0.25, -0.2) is 0 Å². The molecule has 1 aliphatic heterocycles. The molecule has 3 aromatic carbocycles. The summed E-state index contributed by atoms with van der Waals surface area (Å²) in [5, 5.41) is 20.4. The van der Waals surface area contributed by atoms with Crippen LogP contribution < -0.4 is 0 Å². The number of nitrogens with zero attached hydrogens (tertiary/aromatic N) is 1. The topological polar surface area (TPSA) is 60.8 Å². The van der Waals surface area contributed by atoms with Crippen LogP contribution in [0.15, 0.2) is 91.0 Å². The first-order valence-corrected chi connectivity index (χ1v) is 9.48. The third-order valence-electron chi connectivity index (χ3n) is 5.57. The monoisotopic (exact) mass is 373 g/mol. The molecule has 28 heavy (non-hydrogen) atoms. The van der Waals surface area contributed by atoms with Crippen molar-refractivity contribution in [2.45, 2.75) is 24.1 Å². The molecule has 1 heterocycles. The van der Waals surface area contributed by atoms with E-state index in [9.17, 15) is 15.0 Å². The van der Waals surface area contributed by atoms with Crippen LogP contribution in [-0.4, -0.2) is 39.8 Å². The second-order valence-electron chi connectivity index (χ2n) is 7.20. The number of carboxylic acids is 1. The van der Waals surface area contributed by atoms with Gasteiger partial charge in [-0.15, -0.1) is 0 Å². The molecule has 4 heteroatoms.